The van der Waals surface area contributed by atoms with Gasteiger partial charge in [0.25, 0.3) is 15.9 Å². The van der Waals surface area contributed by atoms with E-state index in [1.807, 2.05) is 29.2 Å². The number of thiazole rings is 1. The number of aryl methyl sites for hydroxylation is 2. The predicted octanol–water partition coefficient (Wildman–Crippen LogP) is 4.71. The lowest BCUT2D eigenvalue weighted by atomic mass is 10.0. The summed E-state index contributed by atoms with van der Waals surface area (Å²) in [5.74, 6) is -0.0768. The fourth-order valence-electron chi connectivity index (χ4n) is 5.14. The second-order valence-corrected chi connectivity index (χ2v) is 12.4. The van der Waals surface area contributed by atoms with Crippen LogP contribution in [0.2, 0.25) is 0 Å². The smallest absolute Gasteiger partial charge is 0.264 e. The van der Waals surface area contributed by atoms with Crippen molar-refractivity contribution in [3.8, 4) is 0 Å². The van der Waals surface area contributed by atoms with E-state index in [1.165, 1.54) is 14.6 Å². The quantitative estimate of drug-likeness (QED) is 0.381. The molecule has 1 aromatic heterocycles. The van der Waals surface area contributed by atoms with Crippen LogP contribution >= 0.6 is 11.3 Å². The fraction of sp³-hybridized carbons (Fsp3) is 0.286. The Morgan fingerprint density at radius 1 is 0.892 bits per heavy atom. The average Bonchev–Trinajstić information content (AvgIpc) is 3.38. The Balaban J connectivity index is 1.14. The predicted molar refractivity (Wildman–Crippen MR) is 148 cm³/mol. The number of hydrogen-bond donors (Lipinski definition) is 0. The second kappa shape index (κ2) is 9.46. The minimum atomic E-state index is -3.70. The monoisotopic (exact) mass is 532 g/mol. The summed E-state index contributed by atoms with van der Waals surface area (Å²) < 4.78 is 29.5. The van der Waals surface area contributed by atoms with E-state index in [-0.39, 0.29) is 10.8 Å². The highest BCUT2D eigenvalue weighted by Gasteiger charge is 2.30. The average molecular weight is 533 g/mol. The minimum Gasteiger partial charge on any atom is -0.345 e. The first-order valence-electron chi connectivity index (χ1n) is 12.5. The van der Waals surface area contributed by atoms with Crippen molar-refractivity contribution in [2.24, 2.45) is 0 Å². The zero-order valence-corrected chi connectivity index (χ0v) is 22.3. The standard InChI is InChI=1S/C28H28N4O3S2/c1-20-6-4-10-25-26(20)29-28(36-25)31-18-16-30(17-19-31)27(33)22-11-13-23(14-12-22)37(34,35)32-15-5-8-21-7-2-3-9-24(21)32/h2-4,6-7,9-14H,5,8,15-19H2,1H3. The zero-order chi connectivity index (χ0) is 25.6. The maximum Gasteiger partial charge on any atom is 0.264 e. The van der Waals surface area contributed by atoms with Crippen molar-refractivity contribution in [1.29, 1.82) is 0 Å². The summed E-state index contributed by atoms with van der Waals surface area (Å²) >= 11 is 1.69. The van der Waals surface area contributed by atoms with Gasteiger partial charge in [0, 0.05) is 38.3 Å². The number of hydrogen-bond acceptors (Lipinski definition) is 6. The summed E-state index contributed by atoms with van der Waals surface area (Å²) in [7, 11) is -3.70. The number of anilines is 2. The van der Waals surface area contributed by atoms with E-state index in [1.54, 1.807) is 35.6 Å². The number of aromatic nitrogens is 1. The van der Waals surface area contributed by atoms with E-state index in [0.29, 0.717) is 38.3 Å². The first-order valence-corrected chi connectivity index (χ1v) is 14.8. The number of benzene rings is 3. The third kappa shape index (κ3) is 4.36. The molecule has 1 amide bonds. The molecular formula is C28H28N4O3S2. The molecule has 3 heterocycles. The van der Waals surface area contributed by atoms with Gasteiger partial charge in [0.1, 0.15) is 0 Å². The van der Waals surface area contributed by atoms with Crippen LogP contribution in [0, 0.1) is 6.92 Å². The molecule has 0 spiro atoms. The molecule has 190 valence electrons. The fourth-order valence-corrected chi connectivity index (χ4v) is 7.77. The number of fused-ring (bicyclic) bond motifs is 2. The largest absolute Gasteiger partial charge is 0.345 e. The van der Waals surface area contributed by atoms with Crippen LogP contribution in [0.1, 0.15) is 27.9 Å². The molecule has 7 nitrogen and oxygen atoms in total. The highest BCUT2D eigenvalue weighted by atomic mass is 32.2. The molecule has 9 heteroatoms. The number of para-hydroxylation sites is 2. The van der Waals surface area contributed by atoms with Gasteiger partial charge in [-0.2, -0.15) is 0 Å². The number of nitrogens with zero attached hydrogens (tertiary/aromatic N) is 4. The Morgan fingerprint density at radius 3 is 2.41 bits per heavy atom. The van der Waals surface area contributed by atoms with Crippen LogP contribution in [0.5, 0.6) is 0 Å². The summed E-state index contributed by atoms with van der Waals surface area (Å²) in [4.78, 5) is 22.3. The van der Waals surface area contributed by atoms with Crippen LogP contribution in [0.3, 0.4) is 0 Å². The zero-order valence-electron chi connectivity index (χ0n) is 20.6. The number of rotatable bonds is 4. The normalized spacial score (nSPS) is 16.2. The summed E-state index contributed by atoms with van der Waals surface area (Å²) in [6.07, 6.45) is 1.66. The van der Waals surface area contributed by atoms with E-state index in [0.717, 1.165) is 34.7 Å². The number of piperazine rings is 1. The number of sulfonamides is 1. The van der Waals surface area contributed by atoms with Gasteiger partial charge in [-0.15, -0.1) is 0 Å². The molecule has 0 radical (unpaired) electrons. The highest BCUT2D eigenvalue weighted by Crippen LogP contribution is 2.33. The lowest BCUT2D eigenvalue weighted by Gasteiger charge is -2.34. The van der Waals surface area contributed by atoms with Crippen molar-refractivity contribution in [3.05, 3.63) is 83.4 Å². The van der Waals surface area contributed by atoms with Crippen molar-refractivity contribution in [1.82, 2.24) is 9.88 Å². The third-order valence-corrected chi connectivity index (χ3v) is 10.1. The molecule has 6 rings (SSSR count). The Hall–Kier alpha value is -3.43. The Bertz CT molecular complexity index is 1570. The van der Waals surface area contributed by atoms with Gasteiger partial charge in [0.2, 0.25) is 0 Å². The van der Waals surface area contributed by atoms with Gasteiger partial charge in [-0.05, 0) is 67.3 Å². The van der Waals surface area contributed by atoms with Gasteiger partial charge in [-0.3, -0.25) is 9.10 Å². The van der Waals surface area contributed by atoms with Crippen molar-refractivity contribution >= 4 is 48.3 Å². The van der Waals surface area contributed by atoms with Gasteiger partial charge in [-0.1, -0.05) is 41.7 Å². The second-order valence-electron chi connectivity index (χ2n) is 9.53. The first-order chi connectivity index (χ1) is 17.9. The van der Waals surface area contributed by atoms with Crippen LogP contribution in [0.15, 0.2) is 71.6 Å². The first kappa shape index (κ1) is 23.9. The lowest BCUT2D eigenvalue weighted by molar-refractivity contribution is 0.0746. The van der Waals surface area contributed by atoms with E-state index in [9.17, 15) is 13.2 Å². The van der Waals surface area contributed by atoms with Crippen LogP contribution in [-0.2, 0) is 16.4 Å². The minimum absolute atomic E-state index is 0.0768. The van der Waals surface area contributed by atoms with E-state index >= 15 is 0 Å². The summed E-state index contributed by atoms with van der Waals surface area (Å²) in [5.41, 5.74) is 4.51. The molecule has 0 aliphatic carbocycles. The molecule has 2 aliphatic rings. The Kier molecular flexibility index (Phi) is 6.12. The SMILES string of the molecule is Cc1cccc2sc(N3CCN(C(=O)c4ccc(S(=O)(=O)N5CCCc6ccccc65)cc4)CC3)nc12. The van der Waals surface area contributed by atoms with Crippen LogP contribution in [0.25, 0.3) is 10.2 Å². The summed E-state index contributed by atoms with van der Waals surface area (Å²) in [6, 6.07) is 20.2. The Labute approximate surface area is 221 Å². The molecule has 0 atom stereocenters. The van der Waals surface area contributed by atoms with Crippen LogP contribution in [-0.4, -0.2) is 56.9 Å². The molecule has 37 heavy (non-hydrogen) atoms. The van der Waals surface area contributed by atoms with E-state index < -0.39 is 10.0 Å². The van der Waals surface area contributed by atoms with E-state index in [4.69, 9.17) is 4.98 Å². The van der Waals surface area contributed by atoms with Crippen molar-refractivity contribution in [3.63, 3.8) is 0 Å². The molecule has 1 saturated heterocycles. The molecule has 2 aliphatic heterocycles. The third-order valence-electron chi connectivity index (χ3n) is 7.20. The van der Waals surface area contributed by atoms with Crippen LogP contribution in [0.4, 0.5) is 10.8 Å². The molecule has 0 saturated carbocycles. The summed E-state index contributed by atoms with van der Waals surface area (Å²) in [6.45, 7) is 5.15. The molecule has 3 aromatic carbocycles. The highest BCUT2D eigenvalue weighted by molar-refractivity contribution is 7.92. The number of carbonyl (C=O) groups excluding carboxylic acids is 1. The van der Waals surface area contributed by atoms with Crippen molar-refractivity contribution < 1.29 is 13.2 Å². The van der Waals surface area contributed by atoms with Gasteiger partial charge in [0.05, 0.1) is 20.8 Å². The number of amides is 1. The van der Waals surface area contributed by atoms with Gasteiger partial charge >= 0.3 is 0 Å². The maximum atomic E-state index is 13.4. The van der Waals surface area contributed by atoms with Crippen molar-refractivity contribution in [2.45, 2.75) is 24.7 Å². The number of carbonyl (C=O) groups is 1. The van der Waals surface area contributed by atoms with Crippen LogP contribution < -0.4 is 9.21 Å². The molecule has 0 bridgehead atoms. The topological polar surface area (TPSA) is 73.8 Å². The maximum absolute atomic E-state index is 13.4. The van der Waals surface area contributed by atoms with Gasteiger partial charge in [-0.25, -0.2) is 13.4 Å². The lowest BCUT2D eigenvalue weighted by Crippen LogP contribution is -2.48. The molecule has 4 aromatic rings. The molecular weight excluding hydrogens is 504 g/mol. The molecule has 0 unspecified atom stereocenters. The molecule has 0 N–H and O–H groups in total. The van der Waals surface area contributed by atoms with Gasteiger partial charge in [0.15, 0.2) is 5.13 Å². The molecule has 1 fully saturated rings. The van der Waals surface area contributed by atoms with E-state index in [2.05, 4.69) is 30.0 Å². The summed E-state index contributed by atoms with van der Waals surface area (Å²) in [5, 5.41) is 0.991. The Morgan fingerprint density at radius 2 is 1.65 bits per heavy atom. The van der Waals surface area contributed by atoms with Gasteiger partial charge < -0.3 is 9.80 Å². The van der Waals surface area contributed by atoms with Crippen molar-refractivity contribution in [2.75, 3.05) is 41.9 Å².